The van der Waals surface area contributed by atoms with Gasteiger partial charge in [-0.1, -0.05) is 0 Å². The van der Waals surface area contributed by atoms with Gasteiger partial charge < -0.3 is 9.84 Å². The molecule has 1 aliphatic rings. The second-order valence-electron chi connectivity index (χ2n) is 6.55. The van der Waals surface area contributed by atoms with E-state index in [1.807, 2.05) is 0 Å². The van der Waals surface area contributed by atoms with E-state index in [0.29, 0.717) is 13.0 Å². The Morgan fingerprint density at radius 1 is 1.30 bits per heavy atom. The summed E-state index contributed by atoms with van der Waals surface area (Å²) in [6, 6.07) is -0.577. The van der Waals surface area contributed by atoms with E-state index in [1.165, 1.54) is 4.90 Å². The van der Waals surface area contributed by atoms with Crippen LogP contribution < -0.4 is 5.48 Å². The minimum atomic E-state index is -1.03. The second-order valence-corrected chi connectivity index (χ2v) is 6.55. The van der Waals surface area contributed by atoms with Crippen LogP contribution in [0.1, 0.15) is 41.0 Å². The number of hydrogen-bond acceptors (Lipinski definition) is 5. The highest BCUT2D eigenvalue weighted by Gasteiger charge is 2.40. The van der Waals surface area contributed by atoms with Crippen LogP contribution in [-0.4, -0.2) is 52.4 Å². The van der Waals surface area contributed by atoms with Crippen LogP contribution in [0.15, 0.2) is 0 Å². The molecule has 116 valence electrons. The van der Waals surface area contributed by atoms with Gasteiger partial charge in [-0.15, -0.1) is 0 Å². The summed E-state index contributed by atoms with van der Waals surface area (Å²) >= 11 is 0. The molecule has 0 aromatic heterocycles. The number of hydrogen-bond donors (Lipinski definition) is 2. The van der Waals surface area contributed by atoms with Crippen LogP contribution in [0.5, 0.6) is 0 Å². The number of rotatable bonds is 4. The maximum absolute atomic E-state index is 11.8. The molecule has 7 heteroatoms. The highest BCUT2D eigenvalue weighted by molar-refractivity contribution is 5.86. The third-order valence-electron chi connectivity index (χ3n) is 2.55. The fourth-order valence-corrected chi connectivity index (χ4v) is 1.55. The molecule has 0 bridgehead atoms. The van der Waals surface area contributed by atoms with Crippen LogP contribution in [0.2, 0.25) is 0 Å². The molecule has 20 heavy (non-hydrogen) atoms. The quantitative estimate of drug-likeness (QED) is 0.748. The smallest absolute Gasteiger partial charge is 0.410 e. The van der Waals surface area contributed by atoms with E-state index in [2.05, 4.69) is 5.48 Å². The summed E-state index contributed by atoms with van der Waals surface area (Å²) in [5, 5.41) is 9.45. The fraction of sp³-hybridized carbons (Fsp3) is 0.846. The molecule has 1 fully saturated rings. The van der Waals surface area contributed by atoms with Crippen molar-refractivity contribution in [1.29, 1.82) is 0 Å². The Kier molecular flexibility index (Phi) is 4.99. The molecule has 1 rings (SSSR count). The second kappa shape index (κ2) is 5.97. The number of ether oxygens (including phenoxy) is 1. The zero-order valence-electron chi connectivity index (χ0n) is 12.7. The number of likely N-dealkylation sites (tertiary alicyclic amines) is 1. The maximum Gasteiger partial charge on any atom is 0.410 e. The van der Waals surface area contributed by atoms with Crippen molar-refractivity contribution in [1.82, 2.24) is 10.4 Å². The lowest BCUT2D eigenvalue weighted by Crippen LogP contribution is -2.59. The Morgan fingerprint density at radius 3 is 2.30 bits per heavy atom. The molecule has 0 aromatic rings. The van der Waals surface area contributed by atoms with Gasteiger partial charge in [-0.25, -0.2) is 10.3 Å². The van der Waals surface area contributed by atoms with Crippen LogP contribution in [0.3, 0.4) is 0 Å². The maximum atomic E-state index is 11.8. The topological polar surface area (TPSA) is 88.1 Å². The van der Waals surface area contributed by atoms with Gasteiger partial charge in [0.1, 0.15) is 18.2 Å². The van der Waals surface area contributed by atoms with Crippen LogP contribution in [-0.2, 0) is 14.4 Å². The standard InChI is InChI=1S/C13H24N2O5/c1-12(2,3)20-11(17)15-7-6-9(15)10(16)14-19-8-13(4,5)18/h9,18H,6-8H2,1-5H3,(H,14,16)/t9-/m1/s1. The number of amides is 2. The Morgan fingerprint density at radius 2 is 1.90 bits per heavy atom. The zero-order chi connectivity index (χ0) is 15.6. The molecule has 1 atom stereocenters. The van der Waals surface area contributed by atoms with E-state index in [4.69, 9.17) is 9.57 Å². The number of nitrogens with one attached hydrogen (secondary N) is 1. The lowest BCUT2D eigenvalue weighted by Gasteiger charge is -2.39. The number of aliphatic hydroxyl groups is 1. The molecule has 7 nitrogen and oxygen atoms in total. The number of carbonyl (C=O) groups excluding carboxylic acids is 2. The van der Waals surface area contributed by atoms with Gasteiger partial charge in [0.15, 0.2) is 0 Å². The first kappa shape index (κ1) is 16.7. The average Bonchev–Trinajstić information content (AvgIpc) is 2.09. The van der Waals surface area contributed by atoms with Gasteiger partial charge in [0.25, 0.3) is 5.91 Å². The molecular weight excluding hydrogens is 264 g/mol. The molecular formula is C13H24N2O5. The van der Waals surface area contributed by atoms with Crippen LogP contribution >= 0.6 is 0 Å². The average molecular weight is 288 g/mol. The first-order valence-electron chi connectivity index (χ1n) is 6.63. The molecule has 2 amide bonds. The lowest BCUT2D eigenvalue weighted by atomic mass is 10.0. The number of nitrogens with zero attached hydrogens (tertiary/aromatic N) is 1. The highest BCUT2D eigenvalue weighted by atomic mass is 16.7. The van der Waals surface area contributed by atoms with E-state index >= 15 is 0 Å². The summed E-state index contributed by atoms with van der Waals surface area (Å²) in [6.07, 6.45) is 0.0584. The summed E-state index contributed by atoms with van der Waals surface area (Å²) in [7, 11) is 0. The molecule has 0 unspecified atom stereocenters. The molecule has 0 radical (unpaired) electrons. The predicted molar refractivity (Wildman–Crippen MR) is 71.7 cm³/mol. The third kappa shape index (κ3) is 5.34. The normalized spacial score (nSPS) is 19.3. The fourth-order valence-electron chi connectivity index (χ4n) is 1.55. The van der Waals surface area contributed by atoms with Crippen LogP contribution in [0.4, 0.5) is 4.79 Å². The zero-order valence-corrected chi connectivity index (χ0v) is 12.7. The first-order chi connectivity index (χ1) is 8.99. The summed E-state index contributed by atoms with van der Waals surface area (Å²) < 4.78 is 5.21. The Bertz CT molecular complexity index is 370. The summed E-state index contributed by atoms with van der Waals surface area (Å²) in [5.74, 6) is -0.411. The Labute approximate surface area is 119 Å². The molecule has 0 aromatic carbocycles. The Hall–Kier alpha value is -1.34. The van der Waals surface area contributed by atoms with Crippen LogP contribution in [0, 0.1) is 0 Å². The van der Waals surface area contributed by atoms with Gasteiger partial charge >= 0.3 is 6.09 Å². The van der Waals surface area contributed by atoms with Crippen LogP contribution in [0.25, 0.3) is 0 Å². The highest BCUT2D eigenvalue weighted by Crippen LogP contribution is 2.21. The molecule has 2 N–H and O–H groups in total. The monoisotopic (exact) mass is 288 g/mol. The van der Waals surface area contributed by atoms with Gasteiger partial charge in [-0.3, -0.25) is 14.5 Å². The third-order valence-corrected chi connectivity index (χ3v) is 2.55. The van der Waals surface area contributed by atoms with Crippen molar-refractivity contribution in [2.45, 2.75) is 58.3 Å². The number of carbonyl (C=O) groups is 2. The van der Waals surface area contributed by atoms with E-state index < -0.39 is 29.2 Å². The summed E-state index contributed by atoms with van der Waals surface area (Å²) in [5.41, 5.74) is 0.618. The van der Waals surface area contributed by atoms with Crippen molar-refractivity contribution in [2.24, 2.45) is 0 Å². The van der Waals surface area contributed by atoms with E-state index in [9.17, 15) is 14.7 Å². The lowest BCUT2D eigenvalue weighted by molar-refractivity contribution is -0.148. The summed E-state index contributed by atoms with van der Waals surface area (Å²) in [6.45, 7) is 8.89. The van der Waals surface area contributed by atoms with Gasteiger partial charge in [-0.2, -0.15) is 0 Å². The van der Waals surface area contributed by atoms with Crippen molar-refractivity contribution in [2.75, 3.05) is 13.2 Å². The van der Waals surface area contributed by atoms with Crippen molar-refractivity contribution in [3.05, 3.63) is 0 Å². The van der Waals surface area contributed by atoms with Crippen molar-refractivity contribution in [3.63, 3.8) is 0 Å². The predicted octanol–water partition coefficient (Wildman–Crippen LogP) is 0.814. The van der Waals surface area contributed by atoms with E-state index in [-0.39, 0.29) is 6.61 Å². The summed E-state index contributed by atoms with van der Waals surface area (Å²) in [4.78, 5) is 29.9. The molecule has 0 aliphatic carbocycles. The first-order valence-corrected chi connectivity index (χ1v) is 6.63. The van der Waals surface area contributed by atoms with Gasteiger partial charge in [0.05, 0.1) is 5.60 Å². The van der Waals surface area contributed by atoms with Gasteiger partial charge in [-0.05, 0) is 41.0 Å². The number of hydroxylamine groups is 1. The van der Waals surface area contributed by atoms with Crippen molar-refractivity contribution < 1.29 is 24.3 Å². The minimum absolute atomic E-state index is 0.0299. The molecule has 1 aliphatic heterocycles. The van der Waals surface area contributed by atoms with E-state index in [0.717, 1.165) is 0 Å². The Balaban J connectivity index is 2.40. The van der Waals surface area contributed by atoms with Gasteiger partial charge in [0.2, 0.25) is 0 Å². The molecule has 1 saturated heterocycles. The van der Waals surface area contributed by atoms with Crippen molar-refractivity contribution >= 4 is 12.0 Å². The van der Waals surface area contributed by atoms with Crippen molar-refractivity contribution in [3.8, 4) is 0 Å². The van der Waals surface area contributed by atoms with Gasteiger partial charge in [0, 0.05) is 6.54 Å². The molecule has 1 heterocycles. The largest absolute Gasteiger partial charge is 0.444 e. The minimum Gasteiger partial charge on any atom is -0.444 e. The molecule has 0 saturated carbocycles. The SMILES string of the molecule is CC(C)(O)CONC(=O)[C@H]1CCN1C(=O)OC(C)(C)C. The van der Waals surface area contributed by atoms with E-state index in [1.54, 1.807) is 34.6 Å². The molecule has 0 spiro atoms.